The Morgan fingerprint density at radius 2 is 1.78 bits per heavy atom. The predicted octanol–water partition coefficient (Wildman–Crippen LogP) is 3.80. The first kappa shape index (κ1) is 20.8. The minimum Gasteiger partial charge on any atom is -0.467 e. The number of alkyl halides is 3. The number of ether oxygens (including phenoxy) is 1. The number of hydrogen-bond donors (Lipinski definition) is 1. The summed E-state index contributed by atoms with van der Waals surface area (Å²) in [5.41, 5.74) is 0.333. The van der Waals surface area contributed by atoms with E-state index in [9.17, 15) is 22.8 Å². The van der Waals surface area contributed by atoms with Crippen LogP contribution >= 0.6 is 11.6 Å². The summed E-state index contributed by atoms with van der Waals surface area (Å²) in [7, 11) is 1.20. The topological polar surface area (TPSA) is 55.4 Å². The minimum atomic E-state index is -4.44. The van der Waals surface area contributed by atoms with E-state index in [2.05, 4.69) is 5.32 Å². The minimum absolute atomic E-state index is 0.165. The van der Waals surface area contributed by atoms with Crippen molar-refractivity contribution in [2.45, 2.75) is 25.1 Å². The molecule has 2 aromatic carbocycles. The molecule has 0 bridgehead atoms. The van der Waals surface area contributed by atoms with Crippen LogP contribution in [0.4, 0.5) is 13.2 Å². The molecule has 4 nitrogen and oxygen atoms in total. The maximum Gasteiger partial charge on any atom is 0.416 e. The summed E-state index contributed by atoms with van der Waals surface area (Å²) in [5, 5.41) is 3.04. The summed E-state index contributed by atoms with van der Waals surface area (Å²) in [6.45, 7) is 0. The molecule has 144 valence electrons. The highest BCUT2D eigenvalue weighted by atomic mass is 35.5. The molecule has 1 atom stereocenters. The van der Waals surface area contributed by atoms with Crippen LogP contribution in [0.1, 0.15) is 16.7 Å². The molecule has 0 heterocycles. The molecule has 8 heteroatoms. The van der Waals surface area contributed by atoms with E-state index < -0.39 is 29.7 Å². The molecule has 0 saturated heterocycles. The Morgan fingerprint density at radius 1 is 1.11 bits per heavy atom. The summed E-state index contributed by atoms with van der Waals surface area (Å²) >= 11 is 5.92. The van der Waals surface area contributed by atoms with Crippen molar-refractivity contribution in [3.05, 3.63) is 70.2 Å². The molecule has 0 unspecified atom stereocenters. The molecule has 0 aliphatic rings. The number of halogens is 4. The summed E-state index contributed by atoms with van der Waals surface area (Å²) < 4.78 is 42.4. The van der Waals surface area contributed by atoms with Crippen molar-refractivity contribution in [2.24, 2.45) is 0 Å². The van der Waals surface area contributed by atoms with E-state index in [1.54, 1.807) is 24.3 Å². The lowest BCUT2D eigenvalue weighted by Crippen LogP contribution is -2.43. The zero-order chi connectivity index (χ0) is 20.0. The van der Waals surface area contributed by atoms with E-state index in [4.69, 9.17) is 16.3 Å². The molecule has 0 aliphatic carbocycles. The lowest BCUT2D eigenvalue weighted by molar-refractivity contribution is -0.145. The number of carbonyl (C=O) groups is 2. The second-order valence-corrected chi connectivity index (χ2v) is 6.29. The third-order valence-electron chi connectivity index (χ3n) is 3.80. The van der Waals surface area contributed by atoms with Gasteiger partial charge in [0.05, 0.1) is 19.1 Å². The SMILES string of the molecule is COC(=O)[C@H](Cc1cccc(Cl)c1)NC(=O)Cc1ccc(C(F)(F)F)cc1. The number of methoxy groups -OCH3 is 1. The van der Waals surface area contributed by atoms with E-state index in [-0.39, 0.29) is 12.8 Å². The zero-order valence-electron chi connectivity index (χ0n) is 14.3. The van der Waals surface area contributed by atoms with Gasteiger partial charge in [0.25, 0.3) is 0 Å². The molecular weight excluding hydrogens is 383 g/mol. The van der Waals surface area contributed by atoms with Crippen LogP contribution < -0.4 is 5.32 Å². The third-order valence-corrected chi connectivity index (χ3v) is 4.03. The van der Waals surface area contributed by atoms with Gasteiger partial charge in [0.2, 0.25) is 5.91 Å². The standard InChI is InChI=1S/C19H17ClF3NO3/c1-27-18(26)16(10-13-3-2-4-15(20)9-13)24-17(25)11-12-5-7-14(8-6-12)19(21,22)23/h2-9,16H,10-11H2,1H3,(H,24,25)/t16-/m0/s1. The van der Waals surface area contributed by atoms with Crippen LogP contribution in [0.25, 0.3) is 0 Å². The van der Waals surface area contributed by atoms with Crippen LogP contribution in [-0.4, -0.2) is 25.0 Å². The van der Waals surface area contributed by atoms with E-state index in [1.165, 1.54) is 19.2 Å². The fraction of sp³-hybridized carbons (Fsp3) is 0.263. The van der Waals surface area contributed by atoms with E-state index >= 15 is 0 Å². The lowest BCUT2D eigenvalue weighted by Gasteiger charge is -2.17. The molecule has 2 aromatic rings. The Hall–Kier alpha value is -2.54. The summed E-state index contributed by atoms with van der Waals surface area (Å²) in [6, 6.07) is 10.2. The number of esters is 1. The van der Waals surface area contributed by atoms with E-state index in [1.807, 2.05) is 0 Å². The average molecular weight is 400 g/mol. The monoisotopic (exact) mass is 399 g/mol. The number of benzene rings is 2. The molecular formula is C19H17ClF3NO3. The molecule has 0 aliphatic heterocycles. The van der Waals surface area contributed by atoms with Gasteiger partial charge in [0, 0.05) is 11.4 Å². The molecule has 0 fully saturated rings. The highest BCUT2D eigenvalue weighted by molar-refractivity contribution is 6.30. The van der Waals surface area contributed by atoms with Crippen molar-refractivity contribution < 1.29 is 27.5 Å². The van der Waals surface area contributed by atoms with Gasteiger partial charge in [-0.25, -0.2) is 4.79 Å². The van der Waals surface area contributed by atoms with Crippen LogP contribution in [0.2, 0.25) is 5.02 Å². The largest absolute Gasteiger partial charge is 0.467 e. The first-order chi connectivity index (χ1) is 12.7. The number of rotatable bonds is 6. The van der Waals surface area contributed by atoms with Gasteiger partial charge in [0.15, 0.2) is 0 Å². The van der Waals surface area contributed by atoms with Gasteiger partial charge >= 0.3 is 12.1 Å². The Morgan fingerprint density at radius 3 is 2.33 bits per heavy atom. The van der Waals surface area contributed by atoms with Crippen LogP contribution in [0.5, 0.6) is 0 Å². The quantitative estimate of drug-likeness (QED) is 0.752. The van der Waals surface area contributed by atoms with Crippen molar-refractivity contribution in [1.82, 2.24) is 5.32 Å². The van der Waals surface area contributed by atoms with Gasteiger partial charge in [-0.1, -0.05) is 35.9 Å². The summed E-state index contributed by atoms with van der Waals surface area (Å²) in [6.07, 6.45) is -4.43. The van der Waals surface area contributed by atoms with Crippen LogP contribution in [0.3, 0.4) is 0 Å². The predicted molar refractivity (Wildman–Crippen MR) is 94.3 cm³/mol. The van der Waals surface area contributed by atoms with Crippen molar-refractivity contribution in [1.29, 1.82) is 0 Å². The maximum atomic E-state index is 12.6. The van der Waals surface area contributed by atoms with Crippen molar-refractivity contribution >= 4 is 23.5 Å². The van der Waals surface area contributed by atoms with Gasteiger partial charge in [-0.15, -0.1) is 0 Å². The fourth-order valence-electron chi connectivity index (χ4n) is 2.48. The molecule has 0 spiro atoms. The third kappa shape index (κ3) is 6.29. The average Bonchev–Trinajstić information content (AvgIpc) is 2.60. The molecule has 1 N–H and O–H groups in total. The smallest absolute Gasteiger partial charge is 0.416 e. The number of hydrogen-bond acceptors (Lipinski definition) is 3. The second kappa shape index (κ2) is 8.90. The first-order valence-corrected chi connectivity index (χ1v) is 8.34. The molecule has 2 rings (SSSR count). The number of amides is 1. The summed E-state index contributed by atoms with van der Waals surface area (Å²) in [4.78, 5) is 24.2. The Bertz CT molecular complexity index is 807. The Balaban J connectivity index is 2.04. The number of carbonyl (C=O) groups excluding carboxylic acids is 2. The van der Waals surface area contributed by atoms with Gasteiger partial charge in [0.1, 0.15) is 6.04 Å². The van der Waals surface area contributed by atoms with E-state index in [0.717, 1.165) is 17.7 Å². The molecule has 1 amide bonds. The fourth-order valence-corrected chi connectivity index (χ4v) is 2.69. The lowest BCUT2D eigenvalue weighted by atomic mass is 10.0. The summed E-state index contributed by atoms with van der Waals surface area (Å²) in [5.74, 6) is -1.14. The van der Waals surface area contributed by atoms with Gasteiger partial charge in [-0.05, 0) is 35.4 Å². The normalized spacial score (nSPS) is 12.3. The second-order valence-electron chi connectivity index (χ2n) is 5.85. The van der Waals surface area contributed by atoms with Crippen LogP contribution in [0, 0.1) is 0 Å². The highest BCUT2D eigenvalue weighted by Crippen LogP contribution is 2.29. The van der Waals surface area contributed by atoms with Crippen LogP contribution in [0.15, 0.2) is 48.5 Å². The molecule has 27 heavy (non-hydrogen) atoms. The van der Waals surface area contributed by atoms with Gasteiger partial charge in [-0.2, -0.15) is 13.2 Å². The van der Waals surface area contributed by atoms with Gasteiger partial charge in [-0.3, -0.25) is 4.79 Å². The molecule has 0 radical (unpaired) electrons. The van der Waals surface area contributed by atoms with Crippen LogP contribution in [-0.2, 0) is 33.3 Å². The molecule has 0 aromatic heterocycles. The van der Waals surface area contributed by atoms with Gasteiger partial charge < -0.3 is 10.1 Å². The first-order valence-electron chi connectivity index (χ1n) is 7.97. The highest BCUT2D eigenvalue weighted by Gasteiger charge is 2.30. The van der Waals surface area contributed by atoms with Crippen molar-refractivity contribution in [3.63, 3.8) is 0 Å². The maximum absolute atomic E-state index is 12.6. The van der Waals surface area contributed by atoms with E-state index in [0.29, 0.717) is 10.6 Å². The molecule has 0 saturated carbocycles. The van der Waals surface area contributed by atoms with Crippen molar-refractivity contribution in [3.8, 4) is 0 Å². The Labute approximate surface area is 159 Å². The Kier molecular flexibility index (Phi) is 6.85. The number of nitrogens with one attached hydrogen (secondary N) is 1. The van der Waals surface area contributed by atoms with Crippen molar-refractivity contribution in [2.75, 3.05) is 7.11 Å². The zero-order valence-corrected chi connectivity index (χ0v) is 15.1.